The fourth-order valence-corrected chi connectivity index (χ4v) is 2.74. The molecule has 0 saturated carbocycles. The summed E-state index contributed by atoms with van der Waals surface area (Å²) >= 11 is 0. The number of hydrogen-bond donors (Lipinski definition) is 1. The standard InChI is InChI=1S/C18H15N3O6/c1-26-18(23)20-19-15(11-5-4-6-12(9-11)21(24)25)10-14-13-7-2-3-8-16(13)27-17(14)22/h2-9,14H,10H2,1H3,(H,20,23)/b19-15+/t14-/m1/s1. The number of ether oxygens (including phenoxy) is 2. The van der Waals surface area contributed by atoms with Gasteiger partial charge in [0.1, 0.15) is 5.75 Å². The predicted octanol–water partition coefficient (Wildman–Crippen LogP) is 2.75. The molecule has 3 rings (SSSR count). The Morgan fingerprint density at radius 1 is 1.30 bits per heavy atom. The number of fused-ring (bicyclic) bond motifs is 1. The lowest BCUT2D eigenvalue weighted by Crippen LogP contribution is -2.22. The van der Waals surface area contributed by atoms with Crippen LogP contribution in [0, 0.1) is 10.1 Å². The van der Waals surface area contributed by atoms with Crippen LogP contribution in [0.5, 0.6) is 5.75 Å². The summed E-state index contributed by atoms with van der Waals surface area (Å²) in [5.41, 5.74) is 3.44. The summed E-state index contributed by atoms with van der Waals surface area (Å²) in [5.74, 6) is -0.627. The van der Waals surface area contributed by atoms with E-state index in [-0.39, 0.29) is 17.8 Å². The molecule has 0 aliphatic carbocycles. The molecule has 9 nitrogen and oxygen atoms in total. The van der Waals surface area contributed by atoms with E-state index in [0.29, 0.717) is 16.9 Å². The van der Waals surface area contributed by atoms with Gasteiger partial charge in [0.05, 0.1) is 23.7 Å². The normalized spacial score (nSPS) is 15.7. The van der Waals surface area contributed by atoms with Crippen molar-refractivity contribution in [2.75, 3.05) is 7.11 Å². The molecule has 1 N–H and O–H groups in total. The van der Waals surface area contributed by atoms with Gasteiger partial charge in [-0.25, -0.2) is 10.2 Å². The fourth-order valence-electron chi connectivity index (χ4n) is 2.74. The lowest BCUT2D eigenvalue weighted by Gasteiger charge is -2.11. The molecule has 138 valence electrons. The molecule has 9 heteroatoms. The van der Waals surface area contributed by atoms with Crippen molar-refractivity contribution in [3.63, 3.8) is 0 Å². The van der Waals surface area contributed by atoms with E-state index in [1.165, 1.54) is 25.3 Å². The van der Waals surface area contributed by atoms with Crippen LogP contribution >= 0.6 is 0 Å². The van der Waals surface area contributed by atoms with Crippen molar-refractivity contribution in [2.45, 2.75) is 12.3 Å². The third-order valence-electron chi connectivity index (χ3n) is 4.04. The van der Waals surface area contributed by atoms with Crippen molar-refractivity contribution < 1.29 is 24.0 Å². The van der Waals surface area contributed by atoms with Gasteiger partial charge in [-0.2, -0.15) is 5.10 Å². The first kappa shape index (κ1) is 18.1. The summed E-state index contributed by atoms with van der Waals surface area (Å²) < 4.78 is 9.74. The summed E-state index contributed by atoms with van der Waals surface area (Å²) in [7, 11) is 1.18. The molecule has 1 amide bonds. The van der Waals surface area contributed by atoms with Crippen molar-refractivity contribution >= 4 is 23.5 Å². The van der Waals surface area contributed by atoms with Gasteiger partial charge in [-0.1, -0.05) is 30.3 Å². The molecule has 0 unspecified atom stereocenters. The first-order chi connectivity index (χ1) is 13.0. The van der Waals surface area contributed by atoms with E-state index in [2.05, 4.69) is 15.3 Å². The van der Waals surface area contributed by atoms with Crippen molar-refractivity contribution in [2.24, 2.45) is 5.10 Å². The molecule has 1 heterocycles. The Labute approximate surface area is 153 Å². The molecule has 27 heavy (non-hydrogen) atoms. The molecule has 0 spiro atoms. The Hall–Kier alpha value is -3.75. The monoisotopic (exact) mass is 369 g/mol. The molecule has 2 aromatic rings. The second kappa shape index (κ2) is 7.65. The second-order valence-corrected chi connectivity index (χ2v) is 5.68. The van der Waals surface area contributed by atoms with Gasteiger partial charge in [0.2, 0.25) is 0 Å². The van der Waals surface area contributed by atoms with Gasteiger partial charge >= 0.3 is 12.1 Å². The van der Waals surface area contributed by atoms with Gasteiger partial charge in [-0.05, 0) is 6.07 Å². The van der Waals surface area contributed by atoms with Crippen LogP contribution in [0.1, 0.15) is 23.5 Å². The minimum atomic E-state index is -0.799. The highest BCUT2D eigenvalue weighted by atomic mass is 16.6. The second-order valence-electron chi connectivity index (χ2n) is 5.68. The van der Waals surface area contributed by atoms with Crippen molar-refractivity contribution in [3.05, 3.63) is 69.8 Å². The highest BCUT2D eigenvalue weighted by Crippen LogP contribution is 2.37. The molecule has 0 bridgehead atoms. The number of hydrazone groups is 1. The average molecular weight is 369 g/mol. The number of non-ortho nitro benzene ring substituents is 1. The lowest BCUT2D eigenvalue weighted by atomic mass is 9.92. The first-order valence-corrected chi connectivity index (χ1v) is 7.95. The Morgan fingerprint density at radius 2 is 2.07 bits per heavy atom. The van der Waals surface area contributed by atoms with Gasteiger partial charge in [0.25, 0.3) is 5.69 Å². The van der Waals surface area contributed by atoms with E-state index in [4.69, 9.17) is 4.74 Å². The lowest BCUT2D eigenvalue weighted by molar-refractivity contribution is -0.384. The maximum absolute atomic E-state index is 12.3. The SMILES string of the molecule is COC(=O)N/N=C(\C[C@H]1C(=O)Oc2ccccc21)c1cccc([N+](=O)[O-])c1. The molecule has 2 aromatic carbocycles. The van der Waals surface area contributed by atoms with Crippen molar-refractivity contribution in [3.8, 4) is 5.75 Å². The van der Waals surface area contributed by atoms with Gasteiger partial charge in [-0.15, -0.1) is 0 Å². The molecule has 0 radical (unpaired) electrons. The summed E-state index contributed by atoms with van der Waals surface area (Å²) in [4.78, 5) is 34.2. The van der Waals surface area contributed by atoms with Gasteiger partial charge in [0, 0.05) is 29.7 Å². The van der Waals surface area contributed by atoms with Crippen LogP contribution in [0.15, 0.2) is 53.6 Å². The summed E-state index contributed by atoms with van der Waals surface area (Å²) in [6.07, 6.45) is -0.714. The number of rotatable bonds is 5. The van der Waals surface area contributed by atoms with E-state index >= 15 is 0 Å². The minimum absolute atomic E-state index is 0.0843. The van der Waals surface area contributed by atoms with Crippen LogP contribution in [0.3, 0.4) is 0 Å². The Bertz CT molecular complexity index is 940. The minimum Gasteiger partial charge on any atom is -0.452 e. The van der Waals surface area contributed by atoms with Crippen molar-refractivity contribution in [1.29, 1.82) is 0 Å². The topological polar surface area (TPSA) is 120 Å². The number of carbonyl (C=O) groups is 2. The number of carbonyl (C=O) groups excluding carboxylic acids is 2. The van der Waals surface area contributed by atoms with Crippen LogP contribution in [0.4, 0.5) is 10.5 Å². The maximum Gasteiger partial charge on any atom is 0.427 e. The molecular weight excluding hydrogens is 354 g/mol. The highest BCUT2D eigenvalue weighted by Gasteiger charge is 2.34. The summed E-state index contributed by atoms with van der Waals surface area (Å²) in [5, 5.41) is 15.0. The molecule has 0 saturated heterocycles. The average Bonchev–Trinajstić information content (AvgIpc) is 2.99. The summed E-state index contributed by atoms with van der Waals surface area (Å²) in [6.45, 7) is 0. The molecule has 0 aromatic heterocycles. The van der Waals surface area contributed by atoms with Crippen LogP contribution in [-0.4, -0.2) is 29.8 Å². The van der Waals surface area contributed by atoms with Crippen LogP contribution in [0.25, 0.3) is 0 Å². The first-order valence-electron chi connectivity index (χ1n) is 7.95. The van der Waals surface area contributed by atoms with Gasteiger partial charge in [0.15, 0.2) is 0 Å². The third-order valence-corrected chi connectivity index (χ3v) is 4.04. The Balaban J connectivity index is 1.96. The van der Waals surface area contributed by atoms with Gasteiger partial charge < -0.3 is 9.47 Å². The third kappa shape index (κ3) is 3.92. The molecule has 1 aliphatic heterocycles. The Kier molecular flexibility index (Phi) is 5.11. The number of esters is 1. The van der Waals surface area contributed by atoms with E-state index in [1.807, 2.05) is 0 Å². The number of para-hydroxylation sites is 1. The number of methoxy groups -OCH3 is 1. The van der Waals surface area contributed by atoms with E-state index < -0.39 is 22.9 Å². The highest BCUT2D eigenvalue weighted by molar-refractivity contribution is 6.04. The van der Waals surface area contributed by atoms with Crippen LogP contribution in [-0.2, 0) is 9.53 Å². The number of nitro benzene ring substituents is 1. The molecular formula is C18H15N3O6. The zero-order chi connectivity index (χ0) is 19.4. The zero-order valence-corrected chi connectivity index (χ0v) is 14.2. The molecule has 1 aliphatic rings. The van der Waals surface area contributed by atoms with E-state index in [0.717, 1.165) is 0 Å². The van der Waals surface area contributed by atoms with E-state index in [1.54, 1.807) is 30.3 Å². The number of hydrogen-bond acceptors (Lipinski definition) is 7. The Morgan fingerprint density at radius 3 is 2.81 bits per heavy atom. The molecule has 0 fully saturated rings. The number of nitrogens with one attached hydrogen (secondary N) is 1. The van der Waals surface area contributed by atoms with Crippen LogP contribution < -0.4 is 10.2 Å². The van der Waals surface area contributed by atoms with Crippen LogP contribution in [0.2, 0.25) is 0 Å². The number of nitrogens with zero attached hydrogens (tertiary/aromatic N) is 2. The quantitative estimate of drug-likeness (QED) is 0.284. The fraction of sp³-hybridized carbons (Fsp3) is 0.167. The smallest absolute Gasteiger partial charge is 0.427 e. The summed E-state index contributed by atoms with van der Waals surface area (Å²) in [6, 6.07) is 12.8. The number of nitro groups is 1. The van der Waals surface area contributed by atoms with Crippen molar-refractivity contribution in [1.82, 2.24) is 5.43 Å². The number of benzene rings is 2. The number of amides is 1. The van der Waals surface area contributed by atoms with E-state index in [9.17, 15) is 19.7 Å². The maximum atomic E-state index is 12.3. The predicted molar refractivity (Wildman–Crippen MR) is 94.6 cm³/mol. The largest absolute Gasteiger partial charge is 0.452 e. The zero-order valence-electron chi connectivity index (χ0n) is 14.2. The molecule has 1 atom stereocenters. The van der Waals surface area contributed by atoms with Gasteiger partial charge in [-0.3, -0.25) is 14.9 Å².